The Morgan fingerprint density at radius 2 is 1.67 bits per heavy atom. The zero-order chi connectivity index (χ0) is 16.6. The van der Waals surface area contributed by atoms with Crippen LogP contribution in [0.5, 0.6) is 0 Å². The second-order valence-electron chi connectivity index (χ2n) is 7.61. The molecule has 4 rings (SSSR count). The van der Waals surface area contributed by atoms with Gasteiger partial charge in [-0.3, -0.25) is 15.0 Å². The molecule has 1 N–H and O–H groups in total. The van der Waals surface area contributed by atoms with E-state index in [2.05, 4.69) is 15.1 Å². The number of benzene rings is 1. The minimum Gasteiger partial charge on any atom is -0.369 e. The maximum absolute atomic E-state index is 10.8. The van der Waals surface area contributed by atoms with Crippen LogP contribution < -0.4 is 10.2 Å². The lowest BCUT2D eigenvalue weighted by atomic mass is 9.60. The molecular weight excluding hydrogens is 304 g/mol. The first kappa shape index (κ1) is 15.8. The van der Waals surface area contributed by atoms with Crippen LogP contribution in [0.3, 0.4) is 0 Å². The van der Waals surface area contributed by atoms with E-state index < -0.39 is 0 Å². The zero-order valence-corrected chi connectivity index (χ0v) is 14.1. The van der Waals surface area contributed by atoms with E-state index in [1.54, 1.807) is 12.1 Å². The fourth-order valence-corrected chi connectivity index (χ4v) is 4.69. The number of nitro benzene ring substituents is 1. The van der Waals surface area contributed by atoms with Gasteiger partial charge in [-0.1, -0.05) is 0 Å². The second kappa shape index (κ2) is 6.33. The molecule has 2 aliphatic heterocycles. The van der Waals surface area contributed by atoms with Crippen LogP contribution in [0, 0.1) is 15.5 Å². The van der Waals surface area contributed by atoms with Crippen molar-refractivity contribution >= 4 is 11.4 Å². The first-order valence-electron chi connectivity index (χ1n) is 9.09. The third-order valence-corrected chi connectivity index (χ3v) is 6.26. The summed E-state index contributed by atoms with van der Waals surface area (Å²) < 4.78 is 0. The van der Waals surface area contributed by atoms with Crippen molar-refractivity contribution in [2.45, 2.75) is 31.7 Å². The summed E-state index contributed by atoms with van der Waals surface area (Å²) in [4.78, 5) is 15.4. The van der Waals surface area contributed by atoms with E-state index in [0.29, 0.717) is 5.41 Å². The molecule has 6 heteroatoms. The van der Waals surface area contributed by atoms with E-state index in [9.17, 15) is 10.1 Å². The highest BCUT2D eigenvalue weighted by Crippen LogP contribution is 2.50. The van der Waals surface area contributed by atoms with Gasteiger partial charge < -0.3 is 10.2 Å². The van der Waals surface area contributed by atoms with E-state index in [-0.39, 0.29) is 10.6 Å². The second-order valence-corrected chi connectivity index (χ2v) is 7.61. The first-order valence-corrected chi connectivity index (χ1v) is 9.09. The molecule has 6 nitrogen and oxygen atoms in total. The van der Waals surface area contributed by atoms with Gasteiger partial charge in [0.25, 0.3) is 5.69 Å². The summed E-state index contributed by atoms with van der Waals surface area (Å²) in [5.74, 6) is 0. The number of nitrogens with zero attached hydrogens (tertiary/aromatic N) is 3. The van der Waals surface area contributed by atoms with Crippen LogP contribution in [0.25, 0.3) is 0 Å². The Balaban J connectivity index is 1.29. The summed E-state index contributed by atoms with van der Waals surface area (Å²) in [5.41, 5.74) is 1.91. The van der Waals surface area contributed by atoms with E-state index >= 15 is 0 Å². The summed E-state index contributed by atoms with van der Waals surface area (Å²) in [5, 5.41) is 14.2. The number of piperazine rings is 1. The molecule has 0 unspecified atom stereocenters. The number of nitrogens with one attached hydrogen (secondary N) is 1. The van der Waals surface area contributed by atoms with Crippen molar-refractivity contribution < 1.29 is 4.92 Å². The Labute approximate surface area is 143 Å². The van der Waals surface area contributed by atoms with E-state index in [1.807, 2.05) is 12.1 Å². The first-order chi connectivity index (χ1) is 11.7. The van der Waals surface area contributed by atoms with Crippen LogP contribution in [0.1, 0.15) is 25.7 Å². The molecule has 1 aliphatic carbocycles. The van der Waals surface area contributed by atoms with Gasteiger partial charge in [0, 0.05) is 50.0 Å². The van der Waals surface area contributed by atoms with Crippen molar-refractivity contribution in [2.75, 3.05) is 44.2 Å². The summed E-state index contributed by atoms with van der Waals surface area (Å²) in [6.45, 7) is 6.64. The Hall–Kier alpha value is -1.66. The van der Waals surface area contributed by atoms with Crippen LogP contribution in [-0.2, 0) is 0 Å². The summed E-state index contributed by atoms with van der Waals surface area (Å²) >= 11 is 0. The van der Waals surface area contributed by atoms with Crippen LogP contribution in [0.2, 0.25) is 0 Å². The largest absolute Gasteiger partial charge is 0.369 e. The third kappa shape index (κ3) is 3.00. The molecule has 1 spiro atoms. The maximum Gasteiger partial charge on any atom is 0.269 e. The predicted molar refractivity (Wildman–Crippen MR) is 94.4 cm³/mol. The molecule has 130 valence electrons. The number of non-ortho nitro benzene ring substituents is 1. The van der Waals surface area contributed by atoms with E-state index in [0.717, 1.165) is 37.9 Å². The van der Waals surface area contributed by atoms with Crippen molar-refractivity contribution in [3.63, 3.8) is 0 Å². The Morgan fingerprint density at radius 3 is 2.25 bits per heavy atom. The quantitative estimate of drug-likeness (QED) is 0.680. The normalized spacial score (nSPS) is 24.8. The lowest BCUT2D eigenvalue weighted by Crippen LogP contribution is -2.58. The maximum atomic E-state index is 10.8. The minimum absolute atomic E-state index is 0.166. The molecule has 2 saturated heterocycles. The average molecular weight is 330 g/mol. The number of anilines is 1. The predicted octanol–water partition coefficient (Wildman–Crippen LogP) is 2.25. The van der Waals surface area contributed by atoms with Gasteiger partial charge in [-0.25, -0.2) is 0 Å². The Morgan fingerprint density at radius 1 is 1.04 bits per heavy atom. The Kier molecular flexibility index (Phi) is 4.18. The van der Waals surface area contributed by atoms with Crippen molar-refractivity contribution in [1.82, 2.24) is 10.2 Å². The standard InChI is InChI=1S/C18H26N4O2/c23-22(24)16-3-1-15(2-4-16)20-9-11-21(12-10-20)17-13-18(14-17)5-7-19-8-6-18/h1-4,17,19H,5-14H2. The van der Waals surface area contributed by atoms with Gasteiger partial charge in [-0.2, -0.15) is 0 Å². The highest BCUT2D eigenvalue weighted by atomic mass is 16.6. The number of hydrogen-bond donors (Lipinski definition) is 1. The molecule has 0 amide bonds. The van der Waals surface area contributed by atoms with Crippen LogP contribution in [0.15, 0.2) is 24.3 Å². The molecular formula is C18H26N4O2. The minimum atomic E-state index is -0.338. The van der Waals surface area contributed by atoms with Gasteiger partial charge >= 0.3 is 0 Å². The lowest BCUT2D eigenvalue weighted by molar-refractivity contribution is -0.384. The third-order valence-electron chi connectivity index (χ3n) is 6.26. The molecule has 0 radical (unpaired) electrons. The van der Waals surface area contributed by atoms with Gasteiger partial charge in [0.2, 0.25) is 0 Å². The van der Waals surface area contributed by atoms with Gasteiger partial charge in [0.1, 0.15) is 0 Å². The number of hydrogen-bond acceptors (Lipinski definition) is 5. The zero-order valence-electron chi connectivity index (χ0n) is 14.1. The van der Waals surface area contributed by atoms with Crippen molar-refractivity contribution in [2.24, 2.45) is 5.41 Å². The van der Waals surface area contributed by atoms with Gasteiger partial charge in [0.05, 0.1) is 4.92 Å². The Bertz CT molecular complexity index is 582. The summed E-state index contributed by atoms with van der Waals surface area (Å²) in [6, 6.07) is 7.74. The van der Waals surface area contributed by atoms with Gasteiger partial charge in [-0.05, 0) is 56.3 Å². The van der Waals surface area contributed by atoms with E-state index in [1.165, 1.54) is 38.8 Å². The van der Waals surface area contributed by atoms with E-state index in [4.69, 9.17) is 0 Å². The molecule has 24 heavy (non-hydrogen) atoms. The molecule has 1 saturated carbocycles. The topological polar surface area (TPSA) is 61.7 Å². The number of rotatable bonds is 3. The fourth-order valence-electron chi connectivity index (χ4n) is 4.69. The molecule has 1 aromatic rings. The van der Waals surface area contributed by atoms with Crippen LogP contribution in [0.4, 0.5) is 11.4 Å². The number of piperidine rings is 1. The molecule has 0 atom stereocenters. The molecule has 0 bridgehead atoms. The smallest absolute Gasteiger partial charge is 0.269 e. The lowest BCUT2D eigenvalue weighted by Gasteiger charge is -2.55. The molecule has 2 heterocycles. The highest BCUT2D eigenvalue weighted by molar-refractivity contribution is 5.51. The van der Waals surface area contributed by atoms with Crippen molar-refractivity contribution in [3.05, 3.63) is 34.4 Å². The highest BCUT2D eigenvalue weighted by Gasteiger charge is 2.46. The van der Waals surface area contributed by atoms with Crippen molar-refractivity contribution in [3.8, 4) is 0 Å². The molecule has 1 aromatic carbocycles. The van der Waals surface area contributed by atoms with Gasteiger partial charge in [0.15, 0.2) is 0 Å². The molecule has 0 aromatic heterocycles. The van der Waals surface area contributed by atoms with Crippen molar-refractivity contribution in [1.29, 1.82) is 0 Å². The van der Waals surface area contributed by atoms with Gasteiger partial charge in [-0.15, -0.1) is 0 Å². The van der Waals surface area contributed by atoms with Crippen LogP contribution in [-0.4, -0.2) is 55.1 Å². The number of nitro groups is 1. The molecule has 3 aliphatic rings. The summed E-state index contributed by atoms with van der Waals surface area (Å²) in [6.07, 6.45) is 5.47. The SMILES string of the molecule is O=[N+]([O-])c1ccc(N2CCN(C3CC4(CCNCC4)C3)CC2)cc1. The monoisotopic (exact) mass is 330 g/mol. The summed E-state index contributed by atoms with van der Waals surface area (Å²) in [7, 11) is 0. The molecule has 3 fully saturated rings. The average Bonchev–Trinajstić information content (AvgIpc) is 2.60. The van der Waals surface area contributed by atoms with Crippen LogP contribution >= 0.6 is 0 Å². The fraction of sp³-hybridized carbons (Fsp3) is 0.667.